The van der Waals surface area contributed by atoms with Crippen LogP contribution in [0.25, 0.3) is 0 Å². The molecule has 1 aromatic carbocycles. The van der Waals surface area contributed by atoms with Crippen LogP contribution in [0, 0.1) is 11.5 Å². The first kappa shape index (κ1) is 18.0. The second-order valence-corrected chi connectivity index (χ2v) is 9.68. The average Bonchev–Trinajstić information content (AvgIpc) is 2.95. The van der Waals surface area contributed by atoms with Gasteiger partial charge in [0.2, 0.25) is 6.19 Å². The van der Waals surface area contributed by atoms with Gasteiger partial charge in [0.1, 0.15) is 17.5 Å². The minimum absolute atomic E-state index is 0.164. The number of thioether (sulfide) groups is 1. The molecule has 0 saturated carbocycles. The van der Waals surface area contributed by atoms with E-state index in [-0.39, 0.29) is 4.90 Å². The number of aliphatic imine (C=N–C) groups is 1. The molecular formula is C16H19N3O4S2. The number of sulfone groups is 1. The van der Waals surface area contributed by atoms with E-state index in [2.05, 4.69) is 4.99 Å². The Hall–Kier alpha value is -1.76. The van der Waals surface area contributed by atoms with Gasteiger partial charge in [0.05, 0.1) is 10.9 Å². The van der Waals surface area contributed by atoms with Gasteiger partial charge in [-0.25, -0.2) is 8.42 Å². The number of amidine groups is 1. The number of nitriles is 1. The Morgan fingerprint density at radius 3 is 2.84 bits per heavy atom. The summed E-state index contributed by atoms with van der Waals surface area (Å²) in [5.74, 6) is 1.27. The van der Waals surface area contributed by atoms with E-state index in [9.17, 15) is 13.5 Å². The minimum atomic E-state index is -3.40. The van der Waals surface area contributed by atoms with E-state index in [1.807, 2.05) is 4.90 Å². The largest absolute Gasteiger partial charge is 0.485 e. The predicted molar refractivity (Wildman–Crippen MR) is 95.2 cm³/mol. The third-order valence-electron chi connectivity index (χ3n) is 4.40. The number of rotatable bonds is 2. The average molecular weight is 381 g/mol. The van der Waals surface area contributed by atoms with Crippen molar-refractivity contribution in [3.8, 4) is 11.9 Å². The summed E-state index contributed by atoms with van der Waals surface area (Å²) in [4.78, 5) is 5.87. The second kappa shape index (κ2) is 6.20. The highest BCUT2D eigenvalue weighted by molar-refractivity contribution is 8.14. The van der Waals surface area contributed by atoms with E-state index in [1.165, 1.54) is 17.8 Å². The molecule has 1 aromatic rings. The summed E-state index contributed by atoms with van der Waals surface area (Å²) in [6.07, 6.45) is 2.01. The highest BCUT2D eigenvalue weighted by Crippen LogP contribution is 2.45. The van der Waals surface area contributed by atoms with Crippen LogP contribution in [0.15, 0.2) is 28.1 Å². The molecule has 0 aliphatic carbocycles. The fraction of sp³-hybridized carbons (Fsp3) is 0.500. The molecule has 0 amide bonds. The lowest BCUT2D eigenvalue weighted by Gasteiger charge is -2.45. The molecule has 134 valence electrons. The maximum absolute atomic E-state index is 11.9. The Kier molecular flexibility index (Phi) is 4.47. The summed E-state index contributed by atoms with van der Waals surface area (Å²) in [5.41, 5.74) is -0.280. The lowest BCUT2D eigenvalue weighted by molar-refractivity contribution is -0.0801. The zero-order valence-corrected chi connectivity index (χ0v) is 15.8. The highest BCUT2D eigenvalue weighted by Gasteiger charge is 2.47. The van der Waals surface area contributed by atoms with Crippen molar-refractivity contribution in [3.63, 3.8) is 0 Å². The fourth-order valence-electron chi connectivity index (χ4n) is 3.12. The molecule has 1 N–H and O–H groups in total. The Morgan fingerprint density at radius 1 is 1.48 bits per heavy atom. The fourth-order valence-corrected chi connectivity index (χ4v) is 4.73. The van der Waals surface area contributed by atoms with Crippen molar-refractivity contribution in [2.24, 2.45) is 4.99 Å². The molecule has 25 heavy (non-hydrogen) atoms. The summed E-state index contributed by atoms with van der Waals surface area (Å²) < 4.78 is 29.8. The third kappa shape index (κ3) is 3.21. The quantitative estimate of drug-likeness (QED) is 0.775. The molecule has 1 fully saturated rings. The first-order chi connectivity index (χ1) is 11.6. The van der Waals surface area contributed by atoms with E-state index >= 15 is 0 Å². The molecule has 0 aromatic heterocycles. The molecule has 0 radical (unpaired) electrons. The van der Waals surface area contributed by atoms with Crippen molar-refractivity contribution in [1.29, 1.82) is 5.26 Å². The lowest BCUT2D eigenvalue weighted by atomic mass is 9.85. The molecule has 3 rings (SSSR count). The van der Waals surface area contributed by atoms with Crippen LogP contribution in [0.3, 0.4) is 0 Å². The van der Waals surface area contributed by atoms with Crippen LogP contribution in [0.1, 0.15) is 25.5 Å². The summed E-state index contributed by atoms with van der Waals surface area (Å²) in [6, 6.07) is 4.13. The van der Waals surface area contributed by atoms with Gasteiger partial charge < -0.3 is 14.7 Å². The Labute approximate surface area is 151 Å². The molecule has 0 bridgehead atoms. The molecule has 2 heterocycles. The number of aliphatic hydroxyl groups excluding tert-OH is 1. The number of ether oxygens (including phenoxy) is 1. The van der Waals surface area contributed by atoms with Gasteiger partial charge in [-0.2, -0.15) is 5.26 Å². The maximum Gasteiger partial charge on any atom is 0.208 e. The highest BCUT2D eigenvalue weighted by atomic mass is 32.2. The summed E-state index contributed by atoms with van der Waals surface area (Å²) in [5, 5.41) is 20.4. The van der Waals surface area contributed by atoms with Crippen LogP contribution in [-0.4, -0.2) is 53.9 Å². The van der Waals surface area contributed by atoms with Crippen molar-refractivity contribution in [3.05, 3.63) is 23.8 Å². The molecular weight excluding hydrogens is 362 g/mol. The zero-order valence-electron chi connectivity index (χ0n) is 14.1. The molecule has 9 heteroatoms. The van der Waals surface area contributed by atoms with Crippen molar-refractivity contribution in [1.82, 2.24) is 4.90 Å². The van der Waals surface area contributed by atoms with E-state index < -0.39 is 27.6 Å². The minimum Gasteiger partial charge on any atom is -0.485 e. The third-order valence-corrected chi connectivity index (χ3v) is 6.48. The normalized spacial score (nSPS) is 26.8. The predicted octanol–water partition coefficient (Wildman–Crippen LogP) is 1.55. The Bertz CT molecular complexity index is 874. The summed E-state index contributed by atoms with van der Waals surface area (Å²) in [6.45, 7) is 4.16. The smallest absolute Gasteiger partial charge is 0.208 e. The van der Waals surface area contributed by atoms with Crippen LogP contribution in [-0.2, 0) is 9.84 Å². The van der Waals surface area contributed by atoms with Gasteiger partial charge in [-0.15, -0.1) is 4.99 Å². The van der Waals surface area contributed by atoms with Crippen molar-refractivity contribution < 1.29 is 18.3 Å². The molecule has 0 spiro atoms. The van der Waals surface area contributed by atoms with Gasteiger partial charge in [-0.3, -0.25) is 0 Å². The standard InChI is InChI=1S/C16H19N3O4S2/c1-16(2)14(20)13(19-6-7-24-15(19)18-9-17)11-8-10(25(3,21)22)4-5-12(11)23-16/h4-5,8,13-14,20H,6-7H2,1-3H3. The van der Waals surface area contributed by atoms with Gasteiger partial charge in [-0.1, -0.05) is 11.8 Å². The molecule has 7 nitrogen and oxygen atoms in total. The number of fused-ring (bicyclic) bond motifs is 1. The number of hydrogen-bond donors (Lipinski definition) is 1. The number of hydrogen-bond acceptors (Lipinski definition) is 7. The van der Waals surface area contributed by atoms with Crippen LogP contribution in [0.5, 0.6) is 5.75 Å². The summed E-state index contributed by atoms with van der Waals surface area (Å²) in [7, 11) is -3.40. The van der Waals surface area contributed by atoms with E-state index in [4.69, 9.17) is 10.00 Å². The van der Waals surface area contributed by atoms with Crippen molar-refractivity contribution in [2.45, 2.75) is 36.5 Å². The topological polar surface area (TPSA) is 103 Å². The van der Waals surface area contributed by atoms with E-state index in [1.54, 1.807) is 32.2 Å². The van der Waals surface area contributed by atoms with Crippen LogP contribution < -0.4 is 4.74 Å². The number of benzene rings is 1. The molecule has 2 aliphatic heterocycles. The summed E-state index contributed by atoms with van der Waals surface area (Å²) >= 11 is 1.44. The molecule has 2 atom stereocenters. The first-order valence-electron chi connectivity index (χ1n) is 7.72. The SMILES string of the molecule is CC1(C)Oc2ccc(S(C)(=O)=O)cc2C(N2CCSC2=NC#N)C1O. The van der Waals surface area contributed by atoms with E-state index in [0.29, 0.717) is 23.0 Å². The van der Waals surface area contributed by atoms with Crippen LogP contribution in [0.2, 0.25) is 0 Å². The van der Waals surface area contributed by atoms with Gasteiger partial charge in [0.15, 0.2) is 15.0 Å². The lowest BCUT2D eigenvalue weighted by Crippen LogP contribution is -2.53. The maximum atomic E-state index is 11.9. The van der Waals surface area contributed by atoms with Gasteiger partial charge in [0, 0.05) is 24.1 Å². The number of nitrogens with zero attached hydrogens (tertiary/aromatic N) is 3. The first-order valence-corrected chi connectivity index (χ1v) is 10.6. The van der Waals surface area contributed by atoms with Gasteiger partial charge in [-0.05, 0) is 32.0 Å². The zero-order chi connectivity index (χ0) is 18.4. The molecule has 2 aliphatic rings. The second-order valence-electron chi connectivity index (χ2n) is 6.60. The Morgan fingerprint density at radius 2 is 2.20 bits per heavy atom. The Balaban J connectivity index is 2.17. The van der Waals surface area contributed by atoms with Gasteiger partial charge in [0.25, 0.3) is 0 Å². The molecule has 2 unspecified atom stereocenters. The van der Waals surface area contributed by atoms with Crippen LogP contribution >= 0.6 is 11.8 Å². The van der Waals surface area contributed by atoms with Gasteiger partial charge >= 0.3 is 0 Å². The molecule has 1 saturated heterocycles. The van der Waals surface area contributed by atoms with Crippen LogP contribution in [0.4, 0.5) is 0 Å². The van der Waals surface area contributed by atoms with Crippen molar-refractivity contribution in [2.75, 3.05) is 18.6 Å². The number of aliphatic hydroxyl groups is 1. The van der Waals surface area contributed by atoms with Crippen molar-refractivity contribution >= 4 is 26.8 Å². The van der Waals surface area contributed by atoms with E-state index in [0.717, 1.165) is 12.0 Å². The monoisotopic (exact) mass is 381 g/mol.